The molecule has 0 aliphatic rings. The van der Waals surface area contributed by atoms with Gasteiger partial charge in [-0.2, -0.15) is 0 Å². The molecule has 1 heterocycles. The smallest absolute Gasteiger partial charge is 0.322 e. The molecule has 0 saturated heterocycles. The number of carboxylic acids is 1. The van der Waals surface area contributed by atoms with E-state index >= 15 is 0 Å². The van der Waals surface area contributed by atoms with E-state index in [1.807, 2.05) is 0 Å². The molecule has 144 valence electrons. The maximum atomic E-state index is 12.2. The number of amides is 1. The largest absolute Gasteiger partial charge is 0.505 e. The first-order valence-electron chi connectivity index (χ1n) is 8.35. The van der Waals surface area contributed by atoms with Gasteiger partial charge in [-0.3, -0.25) is 9.59 Å². The van der Waals surface area contributed by atoms with Crippen LogP contribution in [-0.2, 0) is 4.79 Å². The Morgan fingerprint density at radius 2 is 1.79 bits per heavy atom. The number of rotatable bonds is 6. The van der Waals surface area contributed by atoms with Crippen LogP contribution in [0.15, 0.2) is 42.5 Å². The Balaban J connectivity index is 2.01. The molecule has 0 aliphatic carbocycles. The van der Waals surface area contributed by atoms with Crippen molar-refractivity contribution in [3.63, 3.8) is 0 Å². The summed E-state index contributed by atoms with van der Waals surface area (Å²) in [4.78, 5) is 27.0. The van der Waals surface area contributed by atoms with Crippen molar-refractivity contribution in [1.29, 1.82) is 0 Å². The van der Waals surface area contributed by atoms with Crippen LogP contribution < -0.4 is 14.8 Å². The van der Waals surface area contributed by atoms with Crippen LogP contribution in [0.3, 0.4) is 0 Å². The normalized spacial score (nSPS) is 10.5. The van der Waals surface area contributed by atoms with Crippen molar-refractivity contribution in [3.8, 4) is 23.0 Å². The molecule has 0 saturated carbocycles. The lowest BCUT2D eigenvalue weighted by molar-refractivity contribution is -0.135. The highest BCUT2D eigenvalue weighted by Crippen LogP contribution is 2.37. The number of ether oxygens (including phenoxy) is 2. The van der Waals surface area contributed by atoms with Gasteiger partial charge in [0.2, 0.25) is 0 Å². The maximum Gasteiger partial charge on any atom is 0.322 e. The molecule has 0 unspecified atom stereocenters. The number of hydrogen-bond donors (Lipinski definition) is 3. The number of fused-ring (bicyclic) bond motifs is 1. The van der Waals surface area contributed by atoms with E-state index in [0.717, 1.165) is 0 Å². The number of carbonyl (C=O) groups is 2. The molecule has 2 aromatic carbocycles. The molecule has 0 aliphatic heterocycles. The Hall–Kier alpha value is -3.81. The zero-order valence-corrected chi connectivity index (χ0v) is 15.2. The fourth-order valence-corrected chi connectivity index (χ4v) is 2.76. The second-order valence-corrected chi connectivity index (χ2v) is 5.93. The van der Waals surface area contributed by atoms with Crippen LogP contribution in [0.1, 0.15) is 16.2 Å². The quantitative estimate of drug-likeness (QED) is 0.600. The van der Waals surface area contributed by atoms with Gasteiger partial charge in [-0.1, -0.05) is 12.1 Å². The number of pyridine rings is 1. The number of aromatic hydroxyl groups is 1. The monoisotopic (exact) mass is 382 g/mol. The lowest BCUT2D eigenvalue weighted by Gasteiger charge is -2.14. The maximum absolute atomic E-state index is 12.2. The predicted octanol–water partition coefficient (Wildman–Crippen LogP) is 2.86. The molecule has 1 aromatic heterocycles. The topological polar surface area (TPSA) is 118 Å². The standard InChI is InChI=1S/C20H18N2O6/c1-11-17-14(19(25)18(22-11)20(26)21-10-16(23)24)4-3-5-15(17)28-13-8-6-12(27-2)7-9-13/h3-9,25H,10H2,1-2H3,(H,21,26)(H,23,24). The van der Waals surface area contributed by atoms with Gasteiger partial charge in [0, 0.05) is 10.8 Å². The summed E-state index contributed by atoms with van der Waals surface area (Å²) in [6.45, 7) is 1.11. The van der Waals surface area contributed by atoms with Gasteiger partial charge in [-0.25, -0.2) is 4.98 Å². The molecule has 3 aromatic rings. The number of aromatic nitrogens is 1. The minimum absolute atomic E-state index is 0.243. The second kappa shape index (κ2) is 7.83. The molecule has 0 atom stereocenters. The summed E-state index contributed by atoms with van der Waals surface area (Å²) in [5, 5.41) is 22.3. The number of carbonyl (C=O) groups excluding carboxylic acids is 1. The second-order valence-electron chi connectivity index (χ2n) is 5.93. The molecule has 0 bridgehead atoms. The van der Waals surface area contributed by atoms with E-state index in [2.05, 4.69) is 10.3 Å². The number of aryl methyl sites for hydroxylation is 1. The molecular formula is C20H18N2O6. The van der Waals surface area contributed by atoms with Crippen molar-refractivity contribution in [3.05, 3.63) is 53.9 Å². The minimum Gasteiger partial charge on any atom is -0.505 e. The summed E-state index contributed by atoms with van der Waals surface area (Å²) < 4.78 is 11.0. The summed E-state index contributed by atoms with van der Waals surface area (Å²) in [7, 11) is 1.57. The Morgan fingerprint density at radius 3 is 2.43 bits per heavy atom. The summed E-state index contributed by atoms with van der Waals surface area (Å²) in [6.07, 6.45) is 0. The van der Waals surface area contributed by atoms with Crippen molar-refractivity contribution < 1.29 is 29.3 Å². The number of hydrogen-bond acceptors (Lipinski definition) is 6. The van der Waals surface area contributed by atoms with Crippen LogP contribution in [0.5, 0.6) is 23.0 Å². The average Bonchev–Trinajstić information content (AvgIpc) is 2.69. The summed E-state index contributed by atoms with van der Waals surface area (Å²) >= 11 is 0. The summed E-state index contributed by atoms with van der Waals surface area (Å²) in [5.74, 6) is -0.593. The van der Waals surface area contributed by atoms with E-state index in [-0.39, 0.29) is 11.4 Å². The van der Waals surface area contributed by atoms with Crippen LogP contribution >= 0.6 is 0 Å². The number of methoxy groups -OCH3 is 1. The molecular weight excluding hydrogens is 364 g/mol. The van der Waals surface area contributed by atoms with Gasteiger partial charge in [0.1, 0.15) is 23.8 Å². The van der Waals surface area contributed by atoms with Crippen molar-refractivity contribution >= 4 is 22.6 Å². The summed E-state index contributed by atoms with van der Waals surface area (Å²) in [5.41, 5.74) is 0.213. The average molecular weight is 382 g/mol. The van der Waals surface area contributed by atoms with Gasteiger partial charge < -0.3 is 25.0 Å². The Kier molecular flexibility index (Phi) is 5.30. The summed E-state index contributed by atoms with van der Waals surface area (Å²) in [6, 6.07) is 12.0. The van der Waals surface area contributed by atoms with Gasteiger partial charge in [-0.05, 0) is 37.3 Å². The van der Waals surface area contributed by atoms with E-state index in [1.165, 1.54) is 0 Å². The first-order chi connectivity index (χ1) is 13.4. The first-order valence-corrected chi connectivity index (χ1v) is 8.35. The van der Waals surface area contributed by atoms with E-state index in [0.29, 0.717) is 33.7 Å². The molecule has 28 heavy (non-hydrogen) atoms. The van der Waals surface area contributed by atoms with Gasteiger partial charge >= 0.3 is 5.97 Å². The number of carboxylic acid groups (broad SMARTS) is 1. The Labute approximate surface area is 160 Å². The van der Waals surface area contributed by atoms with Gasteiger partial charge in [0.15, 0.2) is 11.4 Å². The molecule has 3 rings (SSSR count). The van der Waals surface area contributed by atoms with Crippen LogP contribution in [-0.4, -0.2) is 40.7 Å². The number of aliphatic carboxylic acids is 1. The number of nitrogens with zero attached hydrogens (tertiary/aromatic N) is 1. The molecule has 0 spiro atoms. The first kappa shape index (κ1) is 19.0. The third-order valence-electron chi connectivity index (χ3n) is 4.05. The highest BCUT2D eigenvalue weighted by Gasteiger charge is 2.20. The van der Waals surface area contributed by atoms with Crippen LogP contribution in [0, 0.1) is 6.92 Å². The van der Waals surface area contributed by atoms with Gasteiger partial charge in [0.25, 0.3) is 5.91 Å². The van der Waals surface area contributed by atoms with Crippen molar-refractivity contribution in [2.24, 2.45) is 0 Å². The van der Waals surface area contributed by atoms with Gasteiger partial charge in [-0.15, -0.1) is 0 Å². The van der Waals surface area contributed by atoms with Crippen molar-refractivity contribution in [1.82, 2.24) is 10.3 Å². The lowest BCUT2D eigenvalue weighted by atomic mass is 10.1. The van der Waals surface area contributed by atoms with E-state index < -0.39 is 18.4 Å². The molecule has 1 amide bonds. The highest BCUT2D eigenvalue weighted by atomic mass is 16.5. The zero-order chi connectivity index (χ0) is 20.3. The molecule has 3 N–H and O–H groups in total. The molecule has 8 heteroatoms. The predicted molar refractivity (Wildman–Crippen MR) is 101 cm³/mol. The van der Waals surface area contributed by atoms with Crippen LogP contribution in [0.25, 0.3) is 10.8 Å². The van der Waals surface area contributed by atoms with Crippen molar-refractivity contribution in [2.75, 3.05) is 13.7 Å². The van der Waals surface area contributed by atoms with E-state index in [9.17, 15) is 14.7 Å². The van der Waals surface area contributed by atoms with Crippen LogP contribution in [0.2, 0.25) is 0 Å². The number of benzene rings is 2. The highest BCUT2D eigenvalue weighted by molar-refractivity contribution is 6.04. The van der Waals surface area contributed by atoms with E-state index in [1.54, 1.807) is 56.5 Å². The third kappa shape index (κ3) is 3.80. The van der Waals surface area contributed by atoms with Crippen LogP contribution in [0.4, 0.5) is 0 Å². The molecule has 0 radical (unpaired) electrons. The molecule has 0 fully saturated rings. The van der Waals surface area contributed by atoms with Gasteiger partial charge in [0.05, 0.1) is 12.8 Å². The minimum atomic E-state index is -1.19. The Bertz CT molecular complexity index is 1050. The fraction of sp³-hybridized carbons (Fsp3) is 0.150. The Morgan fingerprint density at radius 1 is 1.11 bits per heavy atom. The molecule has 8 nitrogen and oxygen atoms in total. The zero-order valence-electron chi connectivity index (χ0n) is 15.2. The SMILES string of the molecule is COc1ccc(Oc2cccc3c(O)c(C(=O)NCC(=O)O)nc(C)c23)cc1. The fourth-order valence-electron chi connectivity index (χ4n) is 2.76. The third-order valence-corrected chi connectivity index (χ3v) is 4.05. The van der Waals surface area contributed by atoms with E-state index in [4.69, 9.17) is 14.6 Å². The van der Waals surface area contributed by atoms with Crippen molar-refractivity contribution in [2.45, 2.75) is 6.92 Å². The lowest BCUT2D eigenvalue weighted by Crippen LogP contribution is -2.30. The number of nitrogens with one attached hydrogen (secondary N) is 1.